The third-order valence-corrected chi connectivity index (χ3v) is 4.21. The Morgan fingerprint density at radius 2 is 1.54 bits per heavy atom. The van der Waals surface area contributed by atoms with Crippen molar-refractivity contribution in [2.75, 3.05) is 6.54 Å². The molecule has 0 bridgehead atoms. The van der Waals surface area contributed by atoms with Crippen LogP contribution in [0, 0.1) is 10.8 Å². The van der Waals surface area contributed by atoms with Gasteiger partial charge >= 0.3 is 0 Å². The highest BCUT2D eigenvalue weighted by Gasteiger charge is 2.30. The van der Waals surface area contributed by atoms with Crippen molar-refractivity contribution < 1.29 is 9.59 Å². The van der Waals surface area contributed by atoms with E-state index < -0.39 is 0 Å². The molecule has 1 atom stereocenters. The van der Waals surface area contributed by atoms with Crippen molar-refractivity contribution >= 4 is 11.6 Å². The van der Waals surface area contributed by atoms with E-state index in [-0.39, 0.29) is 24.3 Å². The number of carbonyl (C=O) groups is 2. The highest BCUT2D eigenvalue weighted by Crippen LogP contribution is 2.21. The summed E-state index contributed by atoms with van der Waals surface area (Å²) in [4.78, 5) is 23.0. The van der Waals surface area contributed by atoms with Crippen LogP contribution in [0.4, 0.5) is 0 Å². The van der Waals surface area contributed by atoms with Gasteiger partial charge in [-0.05, 0) is 25.8 Å². The van der Waals surface area contributed by atoms with Gasteiger partial charge < -0.3 is 5.32 Å². The zero-order valence-corrected chi connectivity index (χ0v) is 16.6. The van der Waals surface area contributed by atoms with Crippen molar-refractivity contribution in [3.05, 3.63) is 0 Å². The SMILES string of the molecule is C.CC(C)(C)C(=O)[C@H]1CCCN1.CCCCCCC(=O)C(C)(C)C. The summed E-state index contributed by atoms with van der Waals surface area (Å²) in [6.45, 7) is 15.1. The first-order chi connectivity index (χ1) is 10.5. The molecule has 1 aliphatic rings. The van der Waals surface area contributed by atoms with E-state index in [1.54, 1.807) is 0 Å². The summed E-state index contributed by atoms with van der Waals surface area (Å²) in [6.07, 6.45) is 7.72. The Balaban J connectivity index is 0. The molecule has 0 aromatic heterocycles. The summed E-state index contributed by atoms with van der Waals surface area (Å²) >= 11 is 0. The quantitative estimate of drug-likeness (QED) is 0.643. The molecule has 0 aromatic rings. The highest BCUT2D eigenvalue weighted by atomic mass is 16.1. The minimum atomic E-state index is -0.179. The number of nitrogens with one attached hydrogen (secondary N) is 1. The standard InChI is InChI=1S/C11H22O.C9H17NO.CH4/c1-5-6-7-8-9-10(12)11(2,3)4;1-9(2,3)8(11)7-5-4-6-10-7;/h5-9H2,1-4H3;7,10H,4-6H2,1-3H3;1H4/t;7-;/m.1./s1. The Morgan fingerprint density at radius 1 is 0.958 bits per heavy atom. The second-order valence-electron chi connectivity index (χ2n) is 8.75. The molecule has 1 rings (SSSR count). The van der Waals surface area contributed by atoms with E-state index in [0.29, 0.717) is 11.6 Å². The van der Waals surface area contributed by atoms with Crippen LogP contribution < -0.4 is 5.32 Å². The maximum Gasteiger partial charge on any atom is 0.155 e. The van der Waals surface area contributed by atoms with Crippen molar-refractivity contribution in [3.63, 3.8) is 0 Å². The molecule has 24 heavy (non-hydrogen) atoms. The molecule has 1 fully saturated rings. The summed E-state index contributed by atoms with van der Waals surface area (Å²) in [5.41, 5.74) is -0.311. The van der Waals surface area contributed by atoms with Gasteiger partial charge in [0.05, 0.1) is 6.04 Å². The van der Waals surface area contributed by atoms with Gasteiger partial charge in [-0.15, -0.1) is 0 Å². The second kappa shape index (κ2) is 11.8. The van der Waals surface area contributed by atoms with Crippen LogP contribution in [0.5, 0.6) is 0 Å². The van der Waals surface area contributed by atoms with Crippen LogP contribution in [0.3, 0.4) is 0 Å². The topological polar surface area (TPSA) is 46.2 Å². The molecule has 0 unspecified atom stereocenters. The molecular formula is C21H43NO2. The van der Waals surface area contributed by atoms with E-state index in [0.717, 1.165) is 32.2 Å². The van der Waals surface area contributed by atoms with E-state index in [2.05, 4.69) is 12.2 Å². The van der Waals surface area contributed by atoms with Gasteiger partial charge in [-0.2, -0.15) is 0 Å². The molecule has 0 saturated carbocycles. The summed E-state index contributed by atoms with van der Waals surface area (Å²) in [5, 5.41) is 3.21. The third kappa shape index (κ3) is 11.0. The Kier molecular flexibility index (Phi) is 12.5. The monoisotopic (exact) mass is 341 g/mol. The van der Waals surface area contributed by atoms with E-state index in [1.165, 1.54) is 19.3 Å². The molecule has 3 heteroatoms. The van der Waals surface area contributed by atoms with Gasteiger partial charge in [0.2, 0.25) is 0 Å². The molecule has 1 heterocycles. The van der Waals surface area contributed by atoms with Gasteiger partial charge in [0, 0.05) is 17.3 Å². The lowest BCUT2D eigenvalue weighted by atomic mass is 9.86. The van der Waals surface area contributed by atoms with Crippen molar-refractivity contribution in [3.8, 4) is 0 Å². The molecule has 1 saturated heterocycles. The predicted molar refractivity (Wildman–Crippen MR) is 105 cm³/mol. The largest absolute Gasteiger partial charge is 0.307 e. The number of Topliss-reactive ketones (excluding diaryl/α,β-unsaturated/α-hetero) is 2. The Morgan fingerprint density at radius 3 is 1.92 bits per heavy atom. The lowest BCUT2D eigenvalue weighted by Crippen LogP contribution is -2.38. The lowest BCUT2D eigenvalue weighted by Gasteiger charge is -2.21. The molecule has 3 nitrogen and oxygen atoms in total. The van der Waals surface area contributed by atoms with Crippen molar-refractivity contribution in [2.24, 2.45) is 10.8 Å². The average Bonchev–Trinajstić information content (AvgIpc) is 2.95. The lowest BCUT2D eigenvalue weighted by molar-refractivity contribution is -0.128. The molecule has 0 spiro atoms. The molecule has 144 valence electrons. The normalized spacial score (nSPS) is 17.5. The smallest absolute Gasteiger partial charge is 0.155 e. The molecule has 0 aliphatic carbocycles. The van der Waals surface area contributed by atoms with Crippen LogP contribution in [-0.2, 0) is 9.59 Å². The van der Waals surface area contributed by atoms with E-state index in [4.69, 9.17) is 0 Å². The number of ketones is 2. The van der Waals surface area contributed by atoms with Gasteiger partial charge in [0.25, 0.3) is 0 Å². The van der Waals surface area contributed by atoms with E-state index >= 15 is 0 Å². The van der Waals surface area contributed by atoms with Crippen LogP contribution >= 0.6 is 0 Å². The highest BCUT2D eigenvalue weighted by molar-refractivity contribution is 5.88. The minimum absolute atomic E-state index is 0. The molecule has 0 aromatic carbocycles. The van der Waals surface area contributed by atoms with Crippen LogP contribution in [0.2, 0.25) is 0 Å². The molecule has 0 radical (unpaired) electrons. The van der Waals surface area contributed by atoms with Gasteiger partial charge in [0.15, 0.2) is 5.78 Å². The fraction of sp³-hybridized carbons (Fsp3) is 0.905. The van der Waals surface area contributed by atoms with Gasteiger partial charge in [0.1, 0.15) is 5.78 Å². The third-order valence-electron chi connectivity index (χ3n) is 4.21. The van der Waals surface area contributed by atoms with Crippen LogP contribution in [0.1, 0.15) is 101 Å². The second-order valence-corrected chi connectivity index (χ2v) is 8.75. The Labute approximate surface area is 151 Å². The molecule has 1 N–H and O–H groups in total. The first-order valence-electron chi connectivity index (χ1n) is 9.31. The van der Waals surface area contributed by atoms with E-state index in [1.807, 2.05) is 41.5 Å². The van der Waals surface area contributed by atoms with Crippen LogP contribution in [0.25, 0.3) is 0 Å². The summed E-state index contributed by atoms with van der Waals surface area (Å²) < 4.78 is 0. The van der Waals surface area contributed by atoms with Crippen molar-refractivity contribution in [1.82, 2.24) is 5.32 Å². The van der Waals surface area contributed by atoms with Gasteiger partial charge in [-0.25, -0.2) is 0 Å². The van der Waals surface area contributed by atoms with Crippen molar-refractivity contribution in [2.45, 2.75) is 107 Å². The van der Waals surface area contributed by atoms with Crippen molar-refractivity contribution in [1.29, 1.82) is 0 Å². The molecular weight excluding hydrogens is 298 g/mol. The summed E-state index contributed by atoms with van der Waals surface area (Å²) in [7, 11) is 0. The maximum atomic E-state index is 11.6. The first kappa shape index (κ1) is 25.5. The van der Waals surface area contributed by atoms with Gasteiger partial charge in [-0.3, -0.25) is 9.59 Å². The number of hydrogen-bond donors (Lipinski definition) is 1. The fourth-order valence-electron chi connectivity index (χ4n) is 2.52. The summed E-state index contributed by atoms with van der Waals surface area (Å²) in [5.74, 6) is 0.758. The zero-order valence-electron chi connectivity index (χ0n) is 16.6. The molecule has 0 amide bonds. The zero-order chi connectivity index (χ0) is 18.1. The number of carbonyl (C=O) groups excluding carboxylic acids is 2. The molecule has 1 aliphatic heterocycles. The van der Waals surface area contributed by atoms with Crippen LogP contribution in [0.15, 0.2) is 0 Å². The Hall–Kier alpha value is -0.700. The minimum Gasteiger partial charge on any atom is -0.307 e. The fourth-order valence-corrected chi connectivity index (χ4v) is 2.52. The first-order valence-corrected chi connectivity index (χ1v) is 9.31. The number of rotatable bonds is 6. The maximum absolute atomic E-state index is 11.6. The number of hydrogen-bond acceptors (Lipinski definition) is 3. The predicted octanol–water partition coefficient (Wildman–Crippen LogP) is 5.56. The van der Waals surface area contributed by atoms with Gasteiger partial charge in [-0.1, -0.05) is 75.2 Å². The Bertz CT molecular complexity index is 355. The average molecular weight is 342 g/mol. The van der Waals surface area contributed by atoms with Crippen LogP contribution in [-0.4, -0.2) is 24.2 Å². The van der Waals surface area contributed by atoms with E-state index in [9.17, 15) is 9.59 Å². The number of unbranched alkanes of at least 4 members (excludes halogenated alkanes) is 3. The summed E-state index contributed by atoms with van der Waals surface area (Å²) in [6, 6.07) is 0.134.